The van der Waals surface area contributed by atoms with E-state index in [0.29, 0.717) is 0 Å². The van der Waals surface area contributed by atoms with E-state index in [0.717, 1.165) is 13.1 Å². The van der Waals surface area contributed by atoms with Gasteiger partial charge >= 0.3 is 0 Å². The van der Waals surface area contributed by atoms with Crippen LogP contribution in [0.25, 0.3) is 0 Å². The summed E-state index contributed by atoms with van der Waals surface area (Å²) in [5, 5.41) is 3.59. The molecule has 1 aromatic carbocycles. The van der Waals surface area contributed by atoms with Crippen molar-refractivity contribution in [2.75, 3.05) is 6.54 Å². The minimum absolute atomic E-state index is 1.02. The number of rotatable bonds is 19. The van der Waals surface area contributed by atoms with Gasteiger partial charge in [0.1, 0.15) is 0 Å². The van der Waals surface area contributed by atoms with E-state index in [1.807, 2.05) is 0 Å². The van der Waals surface area contributed by atoms with Crippen LogP contribution in [0.2, 0.25) is 0 Å². The largest absolute Gasteiger partial charge is 0.313 e. The van der Waals surface area contributed by atoms with E-state index in [9.17, 15) is 0 Å². The predicted molar refractivity (Wildman–Crippen MR) is 122 cm³/mol. The molecule has 0 bridgehead atoms. The zero-order valence-electron chi connectivity index (χ0n) is 18.5. The monoisotopic (exact) mass is 373 g/mol. The summed E-state index contributed by atoms with van der Waals surface area (Å²) in [7, 11) is 0. The number of unbranched alkanes of at least 4 members (excludes halogenated alkanes) is 15. The van der Waals surface area contributed by atoms with Crippen molar-refractivity contribution in [2.24, 2.45) is 0 Å². The molecule has 0 fully saturated rings. The van der Waals surface area contributed by atoms with Crippen molar-refractivity contribution in [3.63, 3.8) is 0 Å². The molecule has 0 unspecified atom stereocenters. The second kappa shape index (κ2) is 18.5. The molecular formula is C26H47N. The molecular weight excluding hydrogens is 326 g/mol. The first-order chi connectivity index (χ1) is 13.3. The van der Waals surface area contributed by atoms with Crippen molar-refractivity contribution >= 4 is 0 Å². The first-order valence-corrected chi connectivity index (χ1v) is 12.1. The fraction of sp³-hybridized carbons (Fsp3) is 0.769. The van der Waals surface area contributed by atoms with Gasteiger partial charge in [-0.15, -0.1) is 0 Å². The quantitative estimate of drug-likeness (QED) is 0.240. The molecule has 0 heterocycles. The third-order valence-corrected chi connectivity index (χ3v) is 5.78. The van der Waals surface area contributed by atoms with Gasteiger partial charge in [-0.1, -0.05) is 128 Å². The van der Waals surface area contributed by atoms with E-state index in [2.05, 4.69) is 43.4 Å². The Kier molecular flexibility index (Phi) is 16.6. The Morgan fingerprint density at radius 3 is 1.52 bits per heavy atom. The van der Waals surface area contributed by atoms with Gasteiger partial charge in [0.15, 0.2) is 0 Å². The summed E-state index contributed by atoms with van der Waals surface area (Å²) in [5.74, 6) is 0. The molecule has 0 atom stereocenters. The van der Waals surface area contributed by atoms with Gasteiger partial charge in [-0.25, -0.2) is 0 Å². The normalized spacial score (nSPS) is 11.2. The molecule has 1 aromatic rings. The predicted octanol–water partition coefficient (Wildman–Crippen LogP) is 8.35. The van der Waals surface area contributed by atoms with E-state index in [1.165, 1.54) is 114 Å². The van der Waals surface area contributed by atoms with Crippen molar-refractivity contribution < 1.29 is 0 Å². The Hall–Kier alpha value is -0.820. The van der Waals surface area contributed by atoms with Crippen LogP contribution in [0.3, 0.4) is 0 Å². The molecule has 1 rings (SSSR count). The van der Waals surface area contributed by atoms with Crippen molar-refractivity contribution in [1.82, 2.24) is 5.32 Å². The van der Waals surface area contributed by atoms with Gasteiger partial charge in [0.2, 0.25) is 0 Å². The molecule has 0 aliphatic rings. The standard InChI is InChI=1S/C26H47N/c1-3-4-5-6-7-8-9-10-11-12-13-14-15-16-17-20-23-27-24-26-22-19-18-21-25(26)2/h18-19,21-22,27H,3-17,20,23-24H2,1-2H3. The fourth-order valence-electron chi connectivity index (χ4n) is 3.83. The zero-order chi connectivity index (χ0) is 19.4. The Morgan fingerprint density at radius 2 is 1.04 bits per heavy atom. The highest BCUT2D eigenvalue weighted by atomic mass is 14.8. The van der Waals surface area contributed by atoms with Crippen LogP contribution in [0, 0.1) is 6.92 Å². The molecule has 156 valence electrons. The molecule has 1 nitrogen and oxygen atoms in total. The molecule has 0 saturated carbocycles. The summed E-state index contributed by atoms with van der Waals surface area (Å²) in [6.07, 6.45) is 23.0. The van der Waals surface area contributed by atoms with Crippen molar-refractivity contribution in [3.8, 4) is 0 Å². The lowest BCUT2D eigenvalue weighted by atomic mass is 10.0. The van der Waals surface area contributed by atoms with Gasteiger partial charge in [-0.2, -0.15) is 0 Å². The summed E-state index contributed by atoms with van der Waals surface area (Å²) in [6.45, 7) is 6.68. The molecule has 0 radical (unpaired) electrons. The Morgan fingerprint density at radius 1 is 0.593 bits per heavy atom. The zero-order valence-corrected chi connectivity index (χ0v) is 18.5. The maximum atomic E-state index is 3.59. The van der Waals surface area contributed by atoms with Crippen LogP contribution < -0.4 is 5.32 Å². The number of hydrogen-bond donors (Lipinski definition) is 1. The first kappa shape index (κ1) is 24.2. The van der Waals surface area contributed by atoms with Crippen molar-refractivity contribution in [3.05, 3.63) is 35.4 Å². The number of nitrogens with one attached hydrogen (secondary N) is 1. The van der Waals surface area contributed by atoms with E-state index in [1.54, 1.807) is 0 Å². The van der Waals surface area contributed by atoms with Gasteiger partial charge < -0.3 is 5.32 Å². The summed E-state index contributed by atoms with van der Waals surface area (Å²) in [4.78, 5) is 0. The van der Waals surface area contributed by atoms with E-state index >= 15 is 0 Å². The highest BCUT2D eigenvalue weighted by molar-refractivity contribution is 5.25. The van der Waals surface area contributed by atoms with Crippen LogP contribution >= 0.6 is 0 Å². The highest BCUT2D eigenvalue weighted by Gasteiger charge is 1.97. The lowest BCUT2D eigenvalue weighted by Gasteiger charge is -2.07. The fourth-order valence-corrected chi connectivity index (χ4v) is 3.83. The van der Waals surface area contributed by atoms with Crippen LogP contribution in [0.1, 0.15) is 121 Å². The van der Waals surface area contributed by atoms with Gasteiger partial charge in [0.05, 0.1) is 0 Å². The van der Waals surface area contributed by atoms with Gasteiger partial charge in [0, 0.05) is 6.54 Å². The summed E-state index contributed by atoms with van der Waals surface area (Å²) in [5.41, 5.74) is 2.84. The van der Waals surface area contributed by atoms with Crippen molar-refractivity contribution in [2.45, 2.75) is 123 Å². The summed E-state index contributed by atoms with van der Waals surface area (Å²) in [6, 6.07) is 8.69. The van der Waals surface area contributed by atoms with Crippen LogP contribution in [0.5, 0.6) is 0 Å². The molecule has 0 aliphatic carbocycles. The minimum Gasteiger partial charge on any atom is -0.313 e. The minimum atomic E-state index is 1.02. The number of benzene rings is 1. The van der Waals surface area contributed by atoms with Gasteiger partial charge in [-0.05, 0) is 31.0 Å². The maximum Gasteiger partial charge on any atom is 0.0208 e. The average Bonchev–Trinajstić information content (AvgIpc) is 2.68. The van der Waals surface area contributed by atoms with Crippen LogP contribution in [0.15, 0.2) is 24.3 Å². The first-order valence-electron chi connectivity index (χ1n) is 12.1. The van der Waals surface area contributed by atoms with E-state index in [4.69, 9.17) is 0 Å². The average molecular weight is 374 g/mol. The molecule has 0 saturated heterocycles. The lowest BCUT2D eigenvalue weighted by Crippen LogP contribution is -2.15. The van der Waals surface area contributed by atoms with E-state index < -0.39 is 0 Å². The second-order valence-electron chi connectivity index (χ2n) is 8.41. The van der Waals surface area contributed by atoms with Crippen molar-refractivity contribution in [1.29, 1.82) is 0 Å². The number of hydrogen-bond acceptors (Lipinski definition) is 1. The molecule has 27 heavy (non-hydrogen) atoms. The molecule has 0 aliphatic heterocycles. The van der Waals surface area contributed by atoms with E-state index in [-0.39, 0.29) is 0 Å². The molecule has 0 amide bonds. The maximum absolute atomic E-state index is 3.59. The SMILES string of the molecule is CCCCCCCCCCCCCCCCCCNCc1ccccc1C. The number of aryl methyl sites for hydroxylation is 1. The topological polar surface area (TPSA) is 12.0 Å². The van der Waals surface area contributed by atoms with Crippen LogP contribution in [0.4, 0.5) is 0 Å². The second-order valence-corrected chi connectivity index (χ2v) is 8.41. The van der Waals surface area contributed by atoms with Gasteiger partial charge in [0.25, 0.3) is 0 Å². The Balaban J connectivity index is 1.73. The Bertz CT molecular complexity index is 426. The molecule has 0 spiro atoms. The Labute approximate surface area is 170 Å². The van der Waals surface area contributed by atoms with Gasteiger partial charge in [-0.3, -0.25) is 0 Å². The van der Waals surface area contributed by atoms with Crippen LogP contribution in [-0.4, -0.2) is 6.54 Å². The molecule has 1 N–H and O–H groups in total. The third kappa shape index (κ3) is 14.9. The summed E-state index contributed by atoms with van der Waals surface area (Å²) >= 11 is 0. The summed E-state index contributed by atoms with van der Waals surface area (Å²) < 4.78 is 0. The molecule has 0 aromatic heterocycles. The lowest BCUT2D eigenvalue weighted by molar-refractivity contribution is 0.525. The van der Waals surface area contributed by atoms with Crippen LogP contribution in [-0.2, 0) is 6.54 Å². The smallest absolute Gasteiger partial charge is 0.0208 e. The molecule has 1 heteroatoms. The third-order valence-electron chi connectivity index (χ3n) is 5.78. The highest BCUT2D eigenvalue weighted by Crippen LogP contribution is 2.13.